The molecule has 1 unspecified atom stereocenters. The van der Waals surface area contributed by atoms with Gasteiger partial charge in [0.15, 0.2) is 5.96 Å². The molecule has 0 aliphatic heterocycles. The fraction of sp³-hybridized carbons (Fsp3) is 0.917. The Morgan fingerprint density at radius 2 is 1.89 bits per heavy atom. The molecule has 0 spiro atoms. The summed E-state index contributed by atoms with van der Waals surface area (Å²) in [6, 6.07) is 0. The largest absolute Gasteiger partial charge is 0.385 e. The smallest absolute Gasteiger partial charge is 0.191 e. The normalized spacial score (nSPS) is 14.4. The average molecular weight is 277 g/mol. The van der Waals surface area contributed by atoms with Crippen molar-refractivity contribution in [1.82, 2.24) is 10.6 Å². The molecule has 0 aromatic heterocycles. The summed E-state index contributed by atoms with van der Waals surface area (Å²) >= 11 is 0. The van der Waals surface area contributed by atoms with Crippen molar-refractivity contribution in [2.24, 2.45) is 4.99 Å². The average Bonchev–Trinajstić information content (AvgIpc) is 2.30. The van der Waals surface area contributed by atoms with E-state index in [0.717, 1.165) is 25.5 Å². The van der Waals surface area contributed by atoms with Gasteiger partial charge in [0, 0.05) is 55.2 Å². The van der Waals surface area contributed by atoms with Crippen molar-refractivity contribution in [2.45, 2.75) is 31.9 Å². The molecule has 6 heteroatoms. The Morgan fingerprint density at radius 3 is 2.39 bits per heavy atom. The molecule has 0 bridgehead atoms. The van der Waals surface area contributed by atoms with Crippen molar-refractivity contribution >= 4 is 16.8 Å². The van der Waals surface area contributed by atoms with E-state index in [4.69, 9.17) is 4.74 Å². The molecule has 18 heavy (non-hydrogen) atoms. The summed E-state index contributed by atoms with van der Waals surface area (Å²) in [7, 11) is 2.59. The Kier molecular flexibility index (Phi) is 9.01. The molecule has 0 aromatic rings. The maximum atomic E-state index is 11.8. The Hall–Kier alpha value is -0.620. The molecule has 0 aliphatic rings. The van der Waals surface area contributed by atoms with E-state index in [9.17, 15) is 4.21 Å². The maximum absolute atomic E-state index is 11.8. The summed E-state index contributed by atoms with van der Waals surface area (Å²) in [6.07, 6.45) is 0.936. The van der Waals surface area contributed by atoms with E-state index in [2.05, 4.69) is 15.6 Å². The first kappa shape index (κ1) is 17.4. The molecule has 5 nitrogen and oxygen atoms in total. The zero-order valence-electron chi connectivity index (χ0n) is 12.2. The van der Waals surface area contributed by atoms with Crippen LogP contribution in [0.15, 0.2) is 4.99 Å². The molecule has 2 N–H and O–H groups in total. The lowest BCUT2D eigenvalue weighted by atomic mass is 10.3. The molecule has 0 radical (unpaired) electrons. The van der Waals surface area contributed by atoms with Crippen molar-refractivity contribution in [3.05, 3.63) is 0 Å². The van der Waals surface area contributed by atoms with Crippen LogP contribution in [-0.4, -0.2) is 54.5 Å². The van der Waals surface area contributed by atoms with Gasteiger partial charge in [-0.3, -0.25) is 9.20 Å². The summed E-state index contributed by atoms with van der Waals surface area (Å²) in [4.78, 5) is 4.10. The standard InChI is InChI=1S/C12H27N3O2S/c1-12(2,3)18(16)10-8-15-11(13-4)14-7-6-9-17-5/h6-10H2,1-5H3,(H2,13,14,15). The first-order chi connectivity index (χ1) is 8.41. The van der Waals surface area contributed by atoms with E-state index in [1.807, 2.05) is 20.8 Å². The van der Waals surface area contributed by atoms with Gasteiger partial charge in [-0.25, -0.2) is 0 Å². The summed E-state index contributed by atoms with van der Waals surface area (Å²) in [5.74, 6) is 1.37. The molecule has 0 aliphatic carbocycles. The van der Waals surface area contributed by atoms with Crippen molar-refractivity contribution < 1.29 is 8.95 Å². The van der Waals surface area contributed by atoms with Gasteiger partial charge in [0.2, 0.25) is 0 Å². The third kappa shape index (κ3) is 8.47. The summed E-state index contributed by atoms with van der Waals surface area (Å²) < 4.78 is 16.6. The molecular weight excluding hydrogens is 250 g/mol. The van der Waals surface area contributed by atoms with Crippen LogP contribution >= 0.6 is 0 Å². The van der Waals surface area contributed by atoms with E-state index in [-0.39, 0.29) is 4.75 Å². The fourth-order valence-corrected chi connectivity index (χ4v) is 2.11. The maximum Gasteiger partial charge on any atom is 0.191 e. The van der Waals surface area contributed by atoms with E-state index in [1.165, 1.54) is 0 Å². The minimum absolute atomic E-state index is 0.156. The molecule has 0 saturated carbocycles. The van der Waals surface area contributed by atoms with Crippen LogP contribution in [-0.2, 0) is 15.5 Å². The van der Waals surface area contributed by atoms with Gasteiger partial charge in [-0.1, -0.05) is 0 Å². The number of methoxy groups -OCH3 is 1. The first-order valence-corrected chi connectivity index (χ1v) is 7.55. The van der Waals surface area contributed by atoms with Crippen LogP contribution in [0.1, 0.15) is 27.2 Å². The van der Waals surface area contributed by atoms with Gasteiger partial charge in [0.1, 0.15) is 0 Å². The third-order valence-electron chi connectivity index (χ3n) is 2.30. The molecule has 108 valence electrons. The van der Waals surface area contributed by atoms with Crippen LogP contribution in [0.4, 0.5) is 0 Å². The van der Waals surface area contributed by atoms with Crippen LogP contribution < -0.4 is 10.6 Å². The quantitative estimate of drug-likeness (QED) is 0.409. The molecular formula is C12H27N3O2S. The lowest BCUT2D eigenvalue weighted by Gasteiger charge is -2.18. The highest BCUT2D eigenvalue weighted by atomic mass is 32.2. The first-order valence-electron chi connectivity index (χ1n) is 6.23. The van der Waals surface area contributed by atoms with Crippen molar-refractivity contribution in [2.75, 3.05) is 39.6 Å². The predicted molar refractivity (Wildman–Crippen MR) is 78.6 cm³/mol. The van der Waals surface area contributed by atoms with Gasteiger partial charge in [-0.15, -0.1) is 0 Å². The van der Waals surface area contributed by atoms with Gasteiger partial charge in [0.05, 0.1) is 0 Å². The van der Waals surface area contributed by atoms with Gasteiger partial charge in [-0.05, 0) is 27.2 Å². The van der Waals surface area contributed by atoms with Crippen molar-refractivity contribution in [3.63, 3.8) is 0 Å². The number of rotatable bonds is 7. The molecule has 0 aromatic carbocycles. The molecule has 0 heterocycles. The third-order valence-corrected chi connectivity index (χ3v) is 4.25. The van der Waals surface area contributed by atoms with Crippen LogP contribution in [0.25, 0.3) is 0 Å². The van der Waals surface area contributed by atoms with Crippen LogP contribution in [0.2, 0.25) is 0 Å². The number of ether oxygens (including phenoxy) is 1. The fourth-order valence-electron chi connectivity index (χ4n) is 1.21. The molecule has 0 amide bonds. The van der Waals surface area contributed by atoms with Gasteiger partial charge in [0.25, 0.3) is 0 Å². The molecule has 0 fully saturated rings. The lowest BCUT2D eigenvalue weighted by Crippen LogP contribution is -2.40. The molecule has 0 saturated heterocycles. The van der Waals surface area contributed by atoms with E-state index >= 15 is 0 Å². The number of nitrogens with zero attached hydrogens (tertiary/aromatic N) is 1. The van der Waals surface area contributed by atoms with Gasteiger partial charge < -0.3 is 15.4 Å². The highest BCUT2D eigenvalue weighted by molar-refractivity contribution is 7.86. The number of aliphatic imine (C=N–C) groups is 1. The Bertz CT molecular complexity index is 275. The SMILES string of the molecule is CN=C(NCCCOC)NCCS(=O)C(C)(C)C. The highest BCUT2D eigenvalue weighted by Gasteiger charge is 2.18. The minimum atomic E-state index is -0.830. The van der Waals surface area contributed by atoms with Crippen molar-refractivity contribution in [1.29, 1.82) is 0 Å². The Labute approximate surface area is 113 Å². The number of hydrogen-bond acceptors (Lipinski definition) is 3. The van der Waals surface area contributed by atoms with Crippen LogP contribution in [0.3, 0.4) is 0 Å². The van der Waals surface area contributed by atoms with E-state index in [1.54, 1.807) is 14.2 Å². The molecule has 0 rings (SSSR count). The monoisotopic (exact) mass is 277 g/mol. The lowest BCUT2D eigenvalue weighted by molar-refractivity contribution is 0.195. The Balaban J connectivity index is 3.79. The summed E-state index contributed by atoms with van der Waals surface area (Å²) in [5.41, 5.74) is 0. The summed E-state index contributed by atoms with van der Waals surface area (Å²) in [5, 5.41) is 6.33. The minimum Gasteiger partial charge on any atom is -0.385 e. The highest BCUT2D eigenvalue weighted by Crippen LogP contribution is 2.10. The van der Waals surface area contributed by atoms with E-state index < -0.39 is 10.8 Å². The van der Waals surface area contributed by atoms with Crippen LogP contribution in [0.5, 0.6) is 0 Å². The predicted octanol–water partition coefficient (Wildman–Crippen LogP) is 0.735. The Morgan fingerprint density at radius 1 is 1.28 bits per heavy atom. The zero-order valence-corrected chi connectivity index (χ0v) is 13.0. The molecule has 1 atom stereocenters. The van der Waals surface area contributed by atoms with Crippen LogP contribution in [0, 0.1) is 0 Å². The second-order valence-electron chi connectivity index (χ2n) is 4.93. The second kappa shape index (κ2) is 9.33. The number of hydrogen-bond donors (Lipinski definition) is 2. The van der Waals surface area contributed by atoms with Gasteiger partial charge in [-0.2, -0.15) is 0 Å². The summed E-state index contributed by atoms with van der Waals surface area (Å²) in [6.45, 7) is 8.17. The number of guanidine groups is 1. The van der Waals surface area contributed by atoms with Crippen molar-refractivity contribution in [3.8, 4) is 0 Å². The second-order valence-corrected chi connectivity index (χ2v) is 7.26. The van der Waals surface area contributed by atoms with Gasteiger partial charge >= 0.3 is 0 Å². The number of nitrogens with one attached hydrogen (secondary N) is 2. The van der Waals surface area contributed by atoms with E-state index in [0.29, 0.717) is 12.3 Å². The topological polar surface area (TPSA) is 62.7 Å². The zero-order chi connectivity index (χ0) is 14.0.